The van der Waals surface area contributed by atoms with Gasteiger partial charge in [-0.05, 0) is 98.2 Å². The van der Waals surface area contributed by atoms with Crippen LogP contribution in [0.5, 0.6) is 5.75 Å². The number of carbonyl (C=O) groups is 2. The van der Waals surface area contributed by atoms with Crippen LogP contribution in [-0.2, 0) is 20.9 Å². The molecule has 3 aliphatic rings. The highest BCUT2D eigenvalue weighted by atomic mass is 16.5. The third kappa shape index (κ3) is 5.29. The van der Waals surface area contributed by atoms with Crippen molar-refractivity contribution in [3.8, 4) is 16.9 Å². The molecule has 4 atom stereocenters. The Morgan fingerprint density at radius 1 is 1.00 bits per heavy atom. The molecule has 2 aromatic rings. The second-order valence-corrected chi connectivity index (χ2v) is 10.7. The first-order chi connectivity index (χ1) is 17.4. The first-order valence-electron chi connectivity index (χ1n) is 13.5. The minimum Gasteiger partial charge on any atom is -0.494 e. The number of aliphatic carboxylic acids is 1. The number of nitrogens with one attached hydrogen (secondary N) is 1. The lowest BCUT2D eigenvalue weighted by molar-refractivity contribution is -0.147. The summed E-state index contributed by atoms with van der Waals surface area (Å²) in [4.78, 5) is 24.8. The average Bonchev–Trinajstić information content (AvgIpc) is 3.49. The van der Waals surface area contributed by atoms with Crippen LogP contribution in [0.3, 0.4) is 0 Å². The fourth-order valence-corrected chi connectivity index (χ4v) is 6.25. The third-order valence-electron chi connectivity index (χ3n) is 8.34. The molecule has 0 aliphatic heterocycles. The van der Waals surface area contributed by atoms with Crippen molar-refractivity contribution in [3.05, 3.63) is 47.5 Å². The first kappa shape index (κ1) is 24.8. The van der Waals surface area contributed by atoms with Gasteiger partial charge < -0.3 is 19.9 Å². The quantitative estimate of drug-likeness (QED) is 0.436. The van der Waals surface area contributed by atoms with Crippen molar-refractivity contribution >= 4 is 17.6 Å². The van der Waals surface area contributed by atoms with Crippen LogP contribution in [-0.4, -0.2) is 29.7 Å². The molecule has 0 bridgehead atoms. The number of carboxylic acids is 1. The summed E-state index contributed by atoms with van der Waals surface area (Å²) in [5.41, 5.74) is 4.93. The summed E-state index contributed by atoms with van der Waals surface area (Å²) in [6.07, 6.45) is 6.87. The SMILES string of the molecule is CCOc1cccc(-c2ccc(NC(=O)[C@H]3CCCC[C@H]3C(=O)O)cc2COC2CC3CC3C2)c1C. The van der Waals surface area contributed by atoms with Crippen molar-refractivity contribution in [1.82, 2.24) is 0 Å². The van der Waals surface area contributed by atoms with Crippen LogP contribution in [0.4, 0.5) is 5.69 Å². The van der Waals surface area contributed by atoms with Crippen LogP contribution in [0.15, 0.2) is 36.4 Å². The molecule has 5 rings (SSSR count). The van der Waals surface area contributed by atoms with Crippen molar-refractivity contribution in [3.63, 3.8) is 0 Å². The second-order valence-electron chi connectivity index (χ2n) is 10.7. The van der Waals surface area contributed by atoms with E-state index in [4.69, 9.17) is 9.47 Å². The maximum atomic E-state index is 13.1. The number of anilines is 1. The molecule has 192 valence electrons. The molecule has 0 aromatic heterocycles. The van der Waals surface area contributed by atoms with E-state index in [0.29, 0.717) is 37.8 Å². The van der Waals surface area contributed by atoms with Gasteiger partial charge in [-0.15, -0.1) is 0 Å². The molecule has 3 aliphatic carbocycles. The summed E-state index contributed by atoms with van der Waals surface area (Å²) in [6.45, 7) is 5.13. The van der Waals surface area contributed by atoms with E-state index in [-0.39, 0.29) is 5.91 Å². The number of carboxylic acid groups (broad SMARTS) is 1. The van der Waals surface area contributed by atoms with Gasteiger partial charge in [0.15, 0.2) is 0 Å². The molecule has 6 heteroatoms. The van der Waals surface area contributed by atoms with Gasteiger partial charge in [-0.2, -0.15) is 0 Å². The number of benzene rings is 2. The molecule has 2 unspecified atom stereocenters. The zero-order chi connectivity index (χ0) is 25.2. The average molecular weight is 492 g/mol. The zero-order valence-electron chi connectivity index (χ0n) is 21.3. The molecule has 36 heavy (non-hydrogen) atoms. The number of fused-ring (bicyclic) bond motifs is 1. The summed E-state index contributed by atoms with van der Waals surface area (Å²) >= 11 is 0. The van der Waals surface area contributed by atoms with Gasteiger partial charge in [0.1, 0.15) is 5.75 Å². The molecule has 1 amide bonds. The molecule has 2 aromatic carbocycles. The van der Waals surface area contributed by atoms with Crippen LogP contribution < -0.4 is 10.1 Å². The maximum Gasteiger partial charge on any atom is 0.307 e. The maximum absolute atomic E-state index is 13.1. The van der Waals surface area contributed by atoms with Crippen LogP contribution in [0.1, 0.15) is 63.0 Å². The van der Waals surface area contributed by atoms with E-state index in [0.717, 1.165) is 65.5 Å². The Labute approximate surface area is 213 Å². The Hall–Kier alpha value is -2.86. The molecular formula is C30H37NO5. The van der Waals surface area contributed by atoms with Crippen LogP contribution in [0, 0.1) is 30.6 Å². The number of amides is 1. The fourth-order valence-electron chi connectivity index (χ4n) is 6.25. The van der Waals surface area contributed by atoms with Crippen molar-refractivity contribution < 1.29 is 24.2 Å². The lowest BCUT2D eigenvalue weighted by Crippen LogP contribution is -2.36. The van der Waals surface area contributed by atoms with E-state index in [2.05, 4.69) is 18.3 Å². The molecule has 2 N–H and O–H groups in total. The lowest BCUT2D eigenvalue weighted by atomic mass is 9.78. The number of carbonyl (C=O) groups excluding carboxylic acids is 1. The molecule has 0 saturated heterocycles. The predicted molar refractivity (Wildman–Crippen MR) is 139 cm³/mol. The molecule has 3 fully saturated rings. The van der Waals surface area contributed by atoms with Gasteiger partial charge in [0.2, 0.25) is 5.91 Å². The van der Waals surface area contributed by atoms with Crippen LogP contribution >= 0.6 is 0 Å². The fraction of sp³-hybridized carbons (Fsp3) is 0.533. The van der Waals surface area contributed by atoms with Gasteiger partial charge in [-0.25, -0.2) is 0 Å². The topological polar surface area (TPSA) is 84.9 Å². The number of ether oxygens (including phenoxy) is 2. The third-order valence-corrected chi connectivity index (χ3v) is 8.34. The van der Waals surface area contributed by atoms with Gasteiger partial charge in [0, 0.05) is 5.69 Å². The lowest BCUT2D eigenvalue weighted by Gasteiger charge is -2.27. The largest absolute Gasteiger partial charge is 0.494 e. The zero-order valence-corrected chi connectivity index (χ0v) is 21.3. The van der Waals surface area contributed by atoms with E-state index in [9.17, 15) is 14.7 Å². The number of hydrogen-bond donors (Lipinski definition) is 2. The molecule has 3 saturated carbocycles. The van der Waals surface area contributed by atoms with Crippen molar-refractivity contribution in [1.29, 1.82) is 0 Å². The van der Waals surface area contributed by atoms with Gasteiger partial charge >= 0.3 is 5.97 Å². The molecular weight excluding hydrogens is 454 g/mol. The highest BCUT2D eigenvalue weighted by Crippen LogP contribution is 2.52. The van der Waals surface area contributed by atoms with Gasteiger partial charge in [0.25, 0.3) is 0 Å². The highest BCUT2D eigenvalue weighted by Gasteiger charge is 2.46. The predicted octanol–water partition coefficient (Wildman–Crippen LogP) is 6.21. The van der Waals surface area contributed by atoms with Crippen molar-refractivity contribution in [2.24, 2.45) is 23.7 Å². The van der Waals surface area contributed by atoms with Crippen molar-refractivity contribution in [2.75, 3.05) is 11.9 Å². The number of hydrogen-bond acceptors (Lipinski definition) is 4. The molecule has 0 radical (unpaired) electrons. The Morgan fingerprint density at radius 2 is 1.75 bits per heavy atom. The van der Waals surface area contributed by atoms with Gasteiger partial charge in [0.05, 0.1) is 31.2 Å². The Balaban J connectivity index is 1.40. The van der Waals surface area contributed by atoms with Crippen LogP contribution in [0.25, 0.3) is 11.1 Å². The van der Waals surface area contributed by atoms with Gasteiger partial charge in [-0.3, -0.25) is 9.59 Å². The highest BCUT2D eigenvalue weighted by molar-refractivity contribution is 5.95. The molecule has 0 heterocycles. The summed E-state index contributed by atoms with van der Waals surface area (Å²) in [7, 11) is 0. The summed E-state index contributed by atoms with van der Waals surface area (Å²) in [5, 5.41) is 12.6. The Kier molecular flexibility index (Phi) is 7.33. The Bertz CT molecular complexity index is 1120. The summed E-state index contributed by atoms with van der Waals surface area (Å²) < 4.78 is 12.2. The van der Waals surface area contributed by atoms with Crippen LogP contribution in [0.2, 0.25) is 0 Å². The minimum atomic E-state index is -0.876. The van der Waals surface area contributed by atoms with E-state index in [1.807, 2.05) is 37.3 Å². The first-order valence-corrected chi connectivity index (χ1v) is 13.5. The normalized spacial score (nSPS) is 26.8. The number of rotatable bonds is 9. The van der Waals surface area contributed by atoms with E-state index < -0.39 is 17.8 Å². The smallest absolute Gasteiger partial charge is 0.307 e. The summed E-state index contributed by atoms with van der Waals surface area (Å²) in [6, 6.07) is 12.0. The minimum absolute atomic E-state index is 0.202. The van der Waals surface area contributed by atoms with Gasteiger partial charge in [-0.1, -0.05) is 31.0 Å². The Morgan fingerprint density at radius 3 is 2.47 bits per heavy atom. The van der Waals surface area contributed by atoms with Crippen molar-refractivity contribution in [2.45, 2.75) is 71.5 Å². The van der Waals surface area contributed by atoms with E-state index >= 15 is 0 Å². The van der Waals surface area contributed by atoms with E-state index in [1.165, 1.54) is 6.42 Å². The molecule has 0 spiro atoms. The molecule has 6 nitrogen and oxygen atoms in total. The second kappa shape index (κ2) is 10.6. The standard InChI is InChI=1S/C30H37NO5/c1-3-35-28-10-6-9-24(18(28)2)25-12-11-22(14-21(25)17-36-23-15-19-13-20(19)16-23)31-29(32)26-7-4-5-8-27(26)30(33)34/h6,9-12,14,19-20,23,26-27H,3-5,7-8,13,15-17H2,1-2H3,(H,31,32)(H,33,34)/t19?,20?,23?,26-,27+/m0/s1. The monoisotopic (exact) mass is 491 g/mol. The van der Waals surface area contributed by atoms with E-state index in [1.54, 1.807) is 0 Å². The summed E-state index contributed by atoms with van der Waals surface area (Å²) in [5.74, 6) is 0.383.